The number of carbonyl (C=O) groups is 1. The van der Waals surface area contributed by atoms with Crippen LogP contribution in [0, 0.1) is 5.41 Å². The van der Waals surface area contributed by atoms with Gasteiger partial charge in [-0.05, 0) is 24.3 Å². The van der Waals surface area contributed by atoms with E-state index in [0.717, 1.165) is 11.4 Å². The molecule has 0 radical (unpaired) electrons. The van der Waals surface area contributed by atoms with Gasteiger partial charge in [0.15, 0.2) is 0 Å². The summed E-state index contributed by atoms with van der Waals surface area (Å²) in [5, 5.41) is 0. The number of anilines is 2. The van der Waals surface area contributed by atoms with Crippen LogP contribution in [0.5, 0.6) is 0 Å². The number of rotatable bonds is 3. The molecular formula is C17H16NO5P. The number of hydrogen-bond acceptors (Lipinski definition) is 5. The number of nitrogens with zero attached hydrogens (tertiary/aromatic N) is 1. The number of para-hydroxylation sites is 2. The van der Waals surface area contributed by atoms with E-state index in [0.29, 0.717) is 0 Å². The lowest BCUT2D eigenvalue weighted by molar-refractivity contribution is -0.148. The van der Waals surface area contributed by atoms with Crippen LogP contribution in [0.4, 0.5) is 11.4 Å². The molecule has 24 heavy (non-hydrogen) atoms. The summed E-state index contributed by atoms with van der Waals surface area (Å²) in [4.78, 5) is 15.0. The predicted octanol–water partition coefficient (Wildman–Crippen LogP) is 3.52. The van der Waals surface area contributed by atoms with Gasteiger partial charge in [-0.3, -0.25) is 23.3 Å². The van der Waals surface area contributed by atoms with E-state index in [1.807, 2.05) is 60.7 Å². The zero-order valence-electron chi connectivity index (χ0n) is 12.8. The highest BCUT2D eigenvalue weighted by atomic mass is 31.2. The van der Waals surface area contributed by atoms with Crippen LogP contribution in [-0.4, -0.2) is 25.7 Å². The number of hydrogen-bond donors (Lipinski definition) is 0. The molecule has 5 rings (SSSR count). The number of fused-ring (bicyclic) bond motifs is 3. The molecule has 3 aliphatic rings. The van der Waals surface area contributed by atoms with Crippen LogP contribution in [0.2, 0.25) is 0 Å². The Labute approximate surface area is 139 Å². The van der Waals surface area contributed by atoms with Gasteiger partial charge in [-0.1, -0.05) is 36.4 Å². The molecule has 0 N–H and O–H groups in total. The van der Waals surface area contributed by atoms with Gasteiger partial charge in [-0.25, -0.2) is 4.57 Å². The fourth-order valence-corrected chi connectivity index (χ4v) is 4.24. The van der Waals surface area contributed by atoms with Crippen LogP contribution in [0.3, 0.4) is 0 Å². The second-order valence-corrected chi connectivity index (χ2v) is 7.53. The molecule has 2 aromatic rings. The smallest absolute Gasteiger partial charge is 0.286 e. The molecule has 6 nitrogen and oxygen atoms in total. The minimum atomic E-state index is -3.46. The first-order valence-electron chi connectivity index (χ1n) is 7.60. The maximum atomic E-state index is 13.4. The highest BCUT2D eigenvalue weighted by Gasteiger charge is 2.56. The summed E-state index contributed by atoms with van der Waals surface area (Å²) in [7, 11) is -3.46. The molecule has 0 aliphatic carbocycles. The minimum absolute atomic E-state index is 0.0271. The minimum Gasteiger partial charge on any atom is -0.286 e. The molecule has 3 heterocycles. The lowest BCUT2D eigenvalue weighted by Crippen LogP contribution is -2.55. The first-order valence-corrected chi connectivity index (χ1v) is 9.06. The molecular weight excluding hydrogens is 329 g/mol. The average Bonchev–Trinajstić information content (AvgIpc) is 2.65. The quantitative estimate of drug-likeness (QED) is 0.797. The van der Waals surface area contributed by atoms with Gasteiger partial charge in [-0.15, -0.1) is 0 Å². The van der Waals surface area contributed by atoms with E-state index in [2.05, 4.69) is 0 Å². The Bertz CT molecular complexity index is 724. The van der Waals surface area contributed by atoms with Crippen LogP contribution < -0.4 is 4.90 Å². The van der Waals surface area contributed by atoms with Crippen LogP contribution in [-0.2, 0) is 22.9 Å². The van der Waals surface area contributed by atoms with Gasteiger partial charge in [-0.2, -0.15) is 0 Å². The van der Waals surface area contributed by atoms with Crippen LogP contribution in [0.25, 0.3) is 0 Å². The summed E-state index contributed by atoms with van der Waals surface area (Å²) in [6.07, 6.45) is 0. The zero-order chi connectivity index (χ0) is 16.6. The van der Waals surface area contributed by atoms with Crippen molar-refractivity contribution in [2.24, 2.45) is 5.41 Å². The van der Waals surface area contributed by atoms with Gasteiger partial charge in [0.1, 0.15) is 5.41 Å². The fraction of sp³-hybridized carbons (Fsp3) is 0.235. The van der Waals surface area contributed by atoms with Crippen molar-refractivity contribution in [2.45, 2.75) is 0 Å². The number of benzene rings is 2. The van der Waals surface area contributed by atoms with Crippen LogP contribution in [0.1, 0.15) is 0 Å². The Balaban J connectivity index is 1.74. The predicted molar refractivity (Wildman–Crippen MR) is 87.9 cm³/mol. The highest BCUT2D eigenvalue weighted by Crippen LogP contribution is 2.60. The number of carbonyl (C=O) groups excluding carboxylic acids is 1. The molecule has 0 saturated carbocycles. The maximum absolute atomic E-state index is 13.4. The molecule has 3 fully saturated rings. The van der Waals surface area contributed by atoms with Crippen molar-refractivity contribution in [3.63, 3.8) is 0 Å². The lowest BCUT2D eigenvalue weighted by atomic mass is 9.88. The van der Waals surface area contributed by atoms with Crippen molar-refractivity contribution >= 4 is 25.1 Å². The Hall–Kier alpha value is -1.98. The molecule has 3 saturated heterocycles. The van der Waals surface area contributed by atoms with E-state index in [4.69, 9.17) is 13.6 Å². The Morgan fingerprint density at radius 3 is 1.67 bits per heavy atom. The van der Waals surface area contributed by atoms with E-state index >= 15 is 0 Å². The van der Waals surface area contributed by atoms with Crippen molar-refractivity contribution in [3.05, 3.63) is 60.7 Å². The number of phosphoric acid groups is 1. The van der Waals surface area contributed by atoms with Gasteiger partial charge >= 0.3 is 7.82 Å². The third kappa shape index (κ3) is 2.58. The molecule has 0 atom stereocenters. The van der Waals surface area contributed by atoms with Gasteiger partial charge in [0.2, 0.25) is 5.91 Å². The molecule has 3 aliphatic heterocycles. The topological polar surface area (TPSA) is 65.1 Å². The second-order valence-electron chi connectivity index (χ2n) is 5.86. The summed E-state index contributed by atoms with van der Waals surface area (Å²) in [5.41, 5.74) is 0.475. The van der Waals surface area contributed by atoms with E-state index in [1.54, 1.807) is 4.90 Å². The molecule has 0 spiro atoms. The first kappa shape index (κ1) is 15.5. The summed E-state index contributed by atoms with van der Waals surface area (Å²) in [6.45, 7) is 0.0812. The van der Waals surface area contributed by atoms with Gasteiger partial charge in [0.05, 0.1) is 19.8 Å². The molecule has 2 bridgehead atoms. The number of phosphoric ester groups is 1. The zero-order valence-corrected chi connectivity index (χ0v) is 13.7. The summed E-state index contributed by atoms with van der Waals surface area (Å²) >= 11 is 0. The Kier molecular flexibility index (Phi) is 3.77. The average molecular weight is 345 g/mol. The molecule has 0 aromatic heterocycles. The van der Waals surface area contributed by atoms with Crippen molar-refractivity contribution in [1.29, 1.82) is 0 Å². The number of amides is 1. The summed E-state index contributed by atoms with van der Waals surface area (Å²) < 4.78 is 27.4. The van der Waals surface area contributed by atoms with Crippen LogP contribution >= 0.6 is 7.82 Å². The molecule has 124 valence electrons. The third-order valence-corrected chi connectivity index (χ3v) is 5.52. The van der Waals surface area contributed by atoms with Crippen molar-refractivity contribution in [1.82, 2.24) is 0 Å². The van der Waals surface area contributed by atoms with E-state index in [-0.39, 0.29) is 25.7 Å². The van der Waals surface area contributed by atoms with E-state index in [1.165, 1.54) is 0 Å². The second kappa shape index (κ2) is 5.83. The monoisotopic (exact) mass is 345 g/mol. The molecule has 0 unspecified atom stereocenters. The van der Waals surface area contributed by atoms with Gasteiger partial charge < -0.3 is 0 Å². The SMILES string of the molecule is O=C(N(c1ccccc1)c1ccccc1)C12COP(=O)(OC1)OC2. The standard InChI is InChI=1S/C17H16NO5P/c19-16(17-11-21-24(20,22-12-17)23-13-17)18(14-7-3-1-4-8-14)15-9-5-2-6-10-15/h1-10H,11-13H2. The summed E-state index contributed by atoms with van der Waals surface area (Å²) in [5.74, 6) is -0.203. The normalized spacial score (nSPS) is 28.5. The first-order chi connectivity index (χ1) is 11.6. The van der Waals surface area contributed by atoms with Crippen molar-refractivity contribution in [2.75, 3.05) is 24.7 Å². The largest absolute Gasteiger partial charge is 0.474 e. The van der Waals surface area contributed by atoms with Crippen molar-refractivity contribution < 1.29 is 22.9 Å². The maximum Gasteiger partial charge on any atom is 0.474 e. The fourth-order valence-electron chi connectivity index (χ4n) is 2.80. The lowest BCUT2D eigenvalue weighted by Gasteiger charge is -2.44. The molecule has 1 amide bonds. The van der Waals surface area contributed by atoms with Gasteiger partial charge in [0, 0.05) is 11.4 Å². The highest BCUT2D eigenvalue weighted by molar-refractivity contribution is 7.48. The Morgan fingerprint density at radius 1 is 0.833 bits per heavy atom. The van der Waals surface area contributed by atoms with Gasteiger partial charge in [0.25, 0.3) is 0 Å². The van der Waals surface area contributed by atoms with Crippen LogP contribution in [0.15, 0.2) is 60.7 Å². The van der Waals surface area contributed by atoms with Crippen molar-refractivity contribution in [3.8, 4) is 0 Å². The molecule has 7 heteroatoms. The van der Waals surface area contributed by atoms with E-state index < -0.39 is 13.2 Å². The third-order valence-electron chi connectivity index (χ3n) is 4.18. The molecule has 2 aromatic carbocycles. The van der Waals surface area contributed by atoms with E-state index in [9.17, 15) is 9.36 Å². The Morgan fingerprint density at radius 2 is 1.25 bits per heavy atom. The summed E-state index contributed by atoms with van der Waals surface area (Å²) in [6, 6.07) is 18.7.